The average Bonchev–Trinajstić information content (AvgIpc) is 2.29. The third kappa shape index (κ3) is 3.13. The van der Waals surface area contributed by atoms with Gasteiger partial charge in [0.15, 0.2) is 0 Å². The summed E-state index contributed by atoms with van der Waals surface area (Å²) in [5.74, 6) is 1.58. The van der Waals surface area contributed by atoms with Gasteiger partial charge in [-0.3, -0.25) is 0 Å². The molecule has 4 heteroatoms. The summed E-state index contributed by atoms with van der Waals surface area (Å²) in [6.45, 7) is 2.57. The fraction of sp³-hybridized carbons (Fsp3) is 0.455. The minimum absolute atomic E-state index is 0.00102. The Morgan fingerprint density at radius 3 is 2.80 bits per heavy atom. The second kappa shape index (κ2) is 5.20. The van der Waals surface area contributed by atoms with E-state index in [1.165, 1.54) is 0 Å². The molecule has 0 aromatic carbocycles. The maximum atomic E-state index is 8.70. The number of nitriles is 1. The number of pyridine rings is 1. The molecule has 0 N–H and O–H groups in total. The zero-order valence-corrected chi connectivity index (χ0v) is 9.27. The molecule has 0 saturated heterocycles. The van der Waals surface area contributed by atoms with E-state index in [-0.39, 0.29) is 5.92 Å². The molecule has 0 aliphatic rings. The predicted molar refractivity (Wildman–Crippen MR) is 58.8 cm³/mol. The van der Waals surface area contributed by atoms with Crippen molar-refractivity contribution in [3.8, 4) is 11.8 Å². The number of rotatable bonds is 4. The second-order valence-corrected chi connectivity index (χ2v) is 3.47. The van der Waals surface area contributed by atoms with E-state index in [4.69, 9.17) is 10.00 Å². The third-order valence-corrected chi connectivity index (χ3v) is 2.12. The van der Waals surface area contributed by atoms with Crippen LogP contribution in [-0.4, -0.2) is 25.7 Å². The lowest BCUT2D eigenvalue weighted by molar-refractivity contribution is 0.413. The van der Waals surface area contributed by atoms with Crippen LogP contribution in [-0.2, 0) is 0 Å². The summed E-state index contributed by atoms with van der Waals surface area (Å²) in [6.07, 6.45) is 1.67. The van der Waals surface area contributed by atoms with Gasteiger partial charge in [-0.15, -0.1) is 0 Å². The van der Waals surface area contributed by atoms with Crippen LogP contribution in [0.2, 0.25) is 0 Å². The summed E-state index contributed by atoms with van der Waals surface area (Å²) < 4.78 is 5.02. The van der Waals surface area contributed by atoms with Crippen LogP contribution in [0.3, 0.4) is 0 Å². The van der Waals surface area contributed by atoms with Crippen molar-refractivity contribution in [2.24, 2.45) is 5.92 Å². The van der Waals surface area contributed by atoms with Gasteiger partial charge in [-0.05, 0) is 19.1 Å². The Bertz CT molecular complexity index is 342. The molecule has 1 heterocycles. The van der Waals surface area contributed by atoms with E-state index in [2.05, 4.69) is 11.1 Å². The largest absolute Gasteiger partial charge is 0.495 e. The molecular weight excluding hydrogens is 190 g/mol. The summed E-state index contributed by atoms with van der Waals surface area (Å²) in [7, 11) is 3.53. The van der Waals surface area contributed by atoms with Gasteiger partial charge in [0.05, 0.1) is 25.3 Å². The normalized spacial score (nSPS) is 11.6. The molecule has 0 aliphatic heterocycles. The quantitative estimate of drug-likeness (QED) is 0.750. The maximum Gasteiger partial charge on any atom is 0.137 e. The van der Waals surface area contributed by atoms with Gasteiger partial charge < -0.3 is 9.64 Å². The molecule has 0 saturated carbocycles. The lowest BCUT2D eigenvalue weighted by atomic mass is 10.2. The molecule has 0 aliphatic carbocycles. The smallest absolute Gasteiger partial charge is 0.137 e. The summed E-state index contributed by atoms with van der Waals surface area (Å²) in [5, 5.41) is 8.70. The minimum atomic E-state index is -0.00102. The molecule has 1 unspecified atom stereocenters. The number of ether oxygens (including phenoxy) is 1. The molecule has 0 bridgehead atoms. The van der Waals surface area contributed by atoms with Crippen molar-refractivity contribution in [3.05, 3.63) is 18.3 Å². The highest BCUT2D eigenvalue weighted by atomic mass is 16.5. The number of methoxy groups -OCH3 is 1. The highest BCUT2D eigenvalue weighted by Gasteiger charge is 2.07. The Morgan fingerprint density at radius 2 is 2.33 bits per heavy atom. The monoisotopic (exact) mass is 205 g/mol. The van der Waals surface area contributed by atoms with E-state index in [0.29, 0.717) is 6.54 Å². The van der Waals surface area contributed by atoms with Gasteiger partial charge in [-0.25, -0.2) is 4.98 Å². The van der Waals surface area contributed by atoms with Gasteiger partial charge in [-0.1, -0.05) is 0 Å². The van der Waals surface area contributed by atoms with Crippen LogP contribution in [0.4, 0.5) is 5.82 Å². The highest BCUT2D eigenvalue weighted by Crippen LogP contribution is 2.14. The molecule has 1 aromatic rings. The van der Waals surface area contributed by atoms with E-state index in [0.717, 1.165) is 11.6 Å². The Hall–Kier alpha value is -1.76. The summed E-state index contributed by atoms with van der Waals surface area (Å²) >= 11 is 0. The van der Waals surface area contributed by atoms with Gasteiger partial charge in [-0.2, -0.15) is 5.26 Å². The van der Waals surface area contributed by atoms with Gasteiger partial charge in [0.1, 0.15) is 11.6 Å². The van der Waals surface area contributed by atoms with E-state index in [1.54, 1.807) is 13.3 Å². The Morgan fingerprint density at radius 1 is 1.60 bits per heavy atom. The number of anilines is 1. The number of hydrogen-bond donors (Lipinski definition) is 0. The standard InChI is InChI=1S/C11H15N3O/c1-9(6-12)8-14(2)11-5-4-10(15-3)7-13-11/h4-5,7,9H,8H2,1-3H3. The fourth-order valence-corrected chi connectivity index (χ4v) is 1.26. The third-order valence-electron chi connectivity index (χ3n) is 2.12. The number of aromatic nitrogens is 1. The summed E-state index contributed by atoms with van der Waals surface area (Å²) in [4.78, 5) is 6.18. The Kier molecular flexibility index (Phi) is 3.92. The zero-order valence-electron chi connectivity index (χ0n) is 9.27. The molecule has 15 heavy (non-hydrogen) atoms. The molecule has 0 fully saturated rings. The first kappa shape index (κ1) is 11.3. The molecule has 4 nitrogen and oxygen atoms in total. The first-order valence-corrected chi connectivity index (χ1v) is 4.78. The van der Waals surface area contributed by atoms with Crippen LogP contribution in [0.25, 0.3) is 0 Å². The Labute approximate surface area is 90.1 Å². The molecule has 0 amide bonds. The lowest BCUT2D eigenvalue weighted by Crippen LogP contribution is -2.23. The predicted octanol–water partition coefficient (Wildman–Crippen LogP) is 1.69. The summed E-state index contributed by atoms with van der Waals surface area (Å²) in [6, 6.07) is 5.93. The molecule has 1 rings (SSSR count). The fourth-order valence-electron chi connectivity index (χ4n) is 1.26. The molecule has 80 valence electrons. The van der Waals surface area contributed by atoms with Crippen LogP contribution >= 0.6 is 0 Å². The SMILES string of the molecule is COc1ccc(N(C)CC(C)C#N)nc1. The van der Waals surface area contributed by atoms with E-state index < -0.39 is 0 Å². The van der Waals surface area contributed by atoms with E-state index in [1.807, 2.05) is 31.0 Å². The van der Waals surface area contributed by atoms with Crippen LogP contribution in [0.5, 0.6) is 5.75 Å². The lowest BCUT2D eigenvalue weighted by Gasteiger charge is -2.19. The maximum absolute atomic E-state index is 8.70. The van der Waals surface area contributed by atoms with Crippen molar-refractivity contribution in [1.29, 1.82) is 5.26 Å². The molecule has 1 atom stereocenters. The van der Waals surface area contributed by atoms with Gasteiger partial charge >= 0.3 is 0 Å². The van der Waals surface area contributed by atoms with Crippen LogP contribution in [0.1, 0.15) is 6.92 Å². The average molecular weight is 205 g/mol. The summed E-state index contributed by atoms with van der Waals surface area (Å²) in [5.41, 5.74) is 0. The molecule has 0 spiro atoms. The number of hydrogen-bond acceptors (Lipinski definition) is 4. The van der Waals surface area contributed by atoms with Gasteiger partial charge in [0.25, 0.3) is 0 Å². The van der Waals surface area contributed by atoms with Crippen molar-refractivity contribution < 1.29 is 4.74 Å². The van der Waals surface area contributed by atoms with E-state index in [9.17, 15) is 0 Å². The van der Waals surface area contributed by atoms with Crippen molar-refractivity contribution in [2.75, 3.05) is 25.6 Å². The Balaban J connectivity index is 2.66. The van der Waals surface area contributed by atoms with Crippen molar-refractivity contribution >= 4 is 5.82 Å². The first-order chi connectivity index (χ1) is 7.17. The van der Waals surface area contributed by atoms with Gasteiger partial charge in [0, 0.05) is 13.6 Å². The van der Waals surface area contributed by atoms with Crippen molar-refractivity contribution in [3.63, 3.8) is 0 Å². The van der Waals surface area contributed by atoms with Crippen LogP contribution in [0, 0.1) is 17.2 Å². The zero-order chi connectivity index (χ0) is 11.3. The first-order valence-electron chi connectivity index (χ1n) is 4.78. The topological polar surface area (TPSA) is 49.1 Å². The molecule has 0 radical (unpaired) electrons. The number of nitrogens with zero attached hydrogens (tertiary/aromatic N) is 3. The molecule has 1 aromatic heterocycles. The highest BCUT2D eigenvalue weighted by molar-refractivity contribution is 5.40. The minimum Gasteiger partial charge on any atom is -0.495 e. The van der Waals surface area contributed by atoms with Gasteiger partial charge in [0.2, 0.25) is 0 Å². The van der Waals surface area contributed by atoms with E-state index >= 15 is 0 Å². The second-order valence-electron chi connectivity index (χ2n) is 3.47. The molecular formula is C11H15N3O. The van der Waals surface area contributed by atoms with Crippen LogP contribution in [0.15, 0.2) is 18.3 Å². The van der Waals surface area contributed by atoms with Crippen molar-refractivity contribution in [2.45, 2.75) is 6.92 Å². The van der Waals surface area contributed by atoms with Crippen molar-refractivity contribution in [1.82, 2.24) is 4.98 Å². The van der Waals surface area contributed by atoms with Crippen LogP contribution < -0.4 is 9.64 Å².